The topological polar surface area (TPSA) is 94.2 Å². The summed E-state index contributed by atoms with van der Waals surface area (Å²) in [5.41, 5.74) is 1.28. The first kappa shape index (κ1) is 20.9. The number of nitrogens with zero attached hydrogens (tertiary/aromatic N) is 1. The number of likely N-dealkylation sites (N-methyl/N-ethyl adjacent to an activating group) is 1. The fourth-order valence-electron chi connectivity index (χ4n) is 2.94. The number of amides is 2. The van der Waals surface area contributed by atoms with E-state index in [1.54, 1.807) is 61.7 Å². The van der Waals surface area contributed by atoms with Crippen molar-refractivity contribution in [2.45, 2.75) is 6.10 Å². The van der Waals surface area contributed by atoms with Crippen LogP contribution in [-0.4, -0.2) is 51.2 Å². The second kappa shape index (κ2) is 9.60. The van der Waals surface area contributed by atoms with Gasteiger partial charge in [-0.3, -0.25) is 9.59 Å². The highest BCUT2D eigenvalue weighted by Crippen LogP contribution is 2.33. The third-order valence-electron chi connectivity index (χ3n) is 4.46. The number of anilines is 1. The van der Waals surface area contributed by atoms with Crippen molar-refractivity contribution in [3.8, 4) is 11.5 Å². The van der Waals surface area contributed by atoms with Gasteiger partial charge in [0.2, 0.25) is 0 Å². The minimum absolute atomic E-state index is 0.0206. The van der Waals surface area contributed by atoms with Crippen molar-refractivity contribution >= 4 is 29.5 Å². The predicted octanol–water partition coefficient (Wildman–Crippen LogP) is 1.79. The number of hydrogen-bond acceptors (Lipinski definition) is 6. The molecule has 8 nitrogen and oxygen atoms in total. The smallest absolute Gasteiger partial charge is 0.331 e. The number of ether oxygens (including phenoxy) is 3. The number of para-hydroxylation sites is 2. The Bertz CT molecular complexity index is 972. The van der Waals surface area contributed by atoms with Crippen LogP contribution in [0, 0.1) is 0 Å². The Morgan fingerprint density at radius 1 is 1.20 bits per heavy atom. The van der Waals surface area contributed by atoms with Gasteiger partial charge in [0.15, 0.2) is 12.7 Å². The molecule has 2 aromatic carbocycles. The van der Waals surface area contributed by atoms with E-state index in [-0.39, 0.29) is 12.5 Å². The van der Waals surface area contributed by atoms with Crippen LogP contribution in [0.2, 0.25) is 0 Å². The third kappa shape index (κ3) is 4.96. The molecule has 1 N–H and O–H groups in total. The molecule has 0 spiro atoms. The molecule has 0 saturated heterocycles. The maximum absolute atomic E-state index is 12.7. The number of fused-ring (bicyclic) bond motifs is 1. The summed E-state index contributed by atoms with van der Waals surface area (Å²) in [4.78, 5) is 38.1. The van der Waals surface area contributed by atoms with Crippen molar-refractivity contribution in [1.29, 1.82) is 0 Å². The second-order valence-corrected chi connectivity index (χ2v) is 6.41. The SMILES string of the molecule is CNC(=O)C1CN(C(=O)COC(=O)/C=C/c2cccc(OC)c2)c2ccccc2O1. The number of hydrogen-bond donors (Lipinski definition) is 1. The van der Waals surface area contributed by atoms with Crippen LogP contribution in [0.25, 0.3) is 6.08 Å². The first-order chi connectivity index (χ1) is 14.5. The predicted molar refractivity (Wildman–Crippen MR) is 110 cm³/mol. The Hall–Kier alpha value is -3.81. The summed E-state index contributed by atoms with van der Waals surface area (Å²) in [6, 6.07) is 14.0. The van der Waals surface area contributed by atoms with Crippen molar-refractivity contribution in [3.63, 3.8) is 0 Å². The van der Waals surface area contributed by atoms with Gasteiger partial charge in [-0.05, 0) is 35.9 Å². The Kier molecular flexibility index (Phi) is 6.69. The molecule has 1 atom stereocenters. The Morgan fingerprint density at radius 3 is 2.77 bits per heavy atom. The number of carbonyl (C=O) groups excluding carboxylic acids is 3. The van der Waals surface area contributed by atoms with E-state index >= 15 is 0 Å². The average molecular weight is 410 g/mol. The maximum Gasteiger partial charge on any atom is 0.331 e. The third-order valence-corrected chi connectivity index (χ3v) is 4.46. The Balaban J connectivity index is 1.64. The number of benzene rings is 2. The molecule has 2 aromatic rings. The highest BCUT2D eigenvalue weighted by atomic mass is 16.5. The molecule has 3 rings (SSSR count). The molecule has 0 aromatic heterocycles. The van der Waals surface area contributed by atoms with Crippen LogP contribution < -0.4 is 19.7 Å². The van der Waals surface area contributed by atoms with Gasteiger partial charge < -0.3 is 24.4 Å². The zero-order valence-electron chi connectivity index (χ0n) is 16.7. The van der Waals surface area contributed by atoms with Crippen LogP contribution in [0.5, 0.6) is 11.5 Å². The summed E-state index contributed by atoms with van der Waals surface area (Å²) in [5, 5.41) is 2.51. The molecular formula is C22H22N2O6. The van der Waals surface area contributed by atoms with E-state index < -0.39 is 24.6 Å². The monoisotopic (exact) mass is 410 g/mol. The van der Waals surface area contributed by atoms with Gasteiger partial charge >= 0.3 is 5.97 Å². The molecule has 0 aliphatic carbocycles. The van der Waals surface area contributed by atoms with Gasteiger partial charge in [0, 0.05) is 13.1 Å². The van der Waals surface area contributed by atoms with E-state index in [4.69, 9.17) is 14.2 Å². The summed E-state index contributed by atoms with van der Waals surface area (Å²) in [6.45, 7) is -0.442. The highest BCUT2D eigenvalue weighted by molar-refractivity contribution is 5.99. The summed E-state index contributed by atoms with van der Waals surface area (Å²) < 4.78 is 15.9. The molecule has 0 saturated carbocycles. The molecule has 1 aliphatic heterocycles. The fourth-order valence-corrected chi connectivity index (χ4v) is 2.94. The van der Waals surface area contributed by atoms with Crippen LogP contribution in [0.15, 0.2) is 54.6 Å². The van der Waals surface area contributed by atoms with Gasteiger partial charge in [-0.15, -0.1) is 0 Å². The molecule has 0 fully saturated rings. The van der Waals surface area contributed by atoms with Gasteiger partial charge in [0.05, 0.1) is 19.3 Å². The Labute approximate surface area is 174 Å². The highest BCUT2D eigenvalue weighted by Gasteiger charge is 2.33. The van der Waals surface area contributed by atoms with E-state index in [0.29, 0.717) is 17.2 Å². The van der Waals surface area contributed by atoms with E-state index in [1.807, 2.05) is 0 Å². The van der Waals surface area contributed by atoms with Gasteiger partial charge in [-0.2, -0.15) is 0 Å². The standard InChI is InChI=1S/C22H22N2O6/c1-23-22(27)19-13-24(17-8-3-4-9-18(17)30-19)20(25)14-29-21(26)11-10-15-6-5-7-16(12-15)28-2/h3-12,19H,13-14H2,1-2H3,(H,23,27)/b11-10+. The van der Waals surface area contributed by atoms with Gasteiger partial charge in [0.25, 0.3) is 11.8 Å². The molecule has 0 radical (unpaired) electrons. The first-order valence-electron chi connectivity index (χ1n) is 9.28. The largest absolute Gasteiger partial charge is 0.497 e. The summed E-state index contributed by atoms with van der Waals surface area (Å²) in [5.74, 6) is -0.383. The molecular weight excluding hydrogens is 388 g/mol. The van der Waals surface area contributed by atoms with Crippen molar-refractivity contribution in [1.82, 2.24) is 5.32 Å². The molecule has 1 aliphatic rings. The van der Waals surface area contributed by atoms with Crippen molar-refractivity contribution in [2.24, 2.45) is 0 Å². The lowest BCUT2D eigenvalue weighted by molar-refractivity contribution is -0.143. The van der Waals surface area contributed by atoms with Gasteiger partial charge in [0.1, 0.15) is 11.5 Å². The lowest BCUT2D eigenvalue weighted by Gasteiger charge is -2.33. The van der Waals surface area contributed by atoms with Gasteiger partial charge in [-0.25, -0.2) is 4.79 Å². The lowest BCUT2D eigenvalue weighted by atomic mass is 10.1. The van der Waals surface area contributed by atoms with Crippen molar-refractivity contribution in [2.75, 3.05) is 32.2 Å². The number of carbonyl (C=O) groups is 3. The van der Waals surface area contributed by atoms with Crippen LogP contribution in [0.3, 0.4) is 0 Å². The molecule has 30 heavy (non-hydrogen) atoms. The van der Waals surface area contributed by atoms with E-state index in [9.17, 15) is 14.4 Å². The fraction of sp³-hybridized carbons (Fsp3) is 0.227. The maximum atomic E-state index is 12.7. The van der Waals surface area contributed by atoms with Crippen LogP contribution >= 0.6 is 0 Å². The lowest BCUT2D eigenvalue weighted by Crippen LogP contribution is -2.51. The summed E-state index contributed by atoms with van der Waals surface area (Å²) in [7, 11) is 3.05. The number of rotatable bonds is 6. The zero-order valence-corrected chi connectivity index (χ0v) is 16.7. The quantitative estimate of drug-likeness (QED) is 0.577. The summed E-state index contributed by atoms with van der Waals surface area (Å²) in [6.07, 6.45) is 1.96. The molecule has 0 bridgehead atoms. The normalized spacial score (nSPS) is 15.1. The molecule has 1 unspecified atom stereocenters. The first-order valence-corrected chi connectivity index (χ1v) is 9.28. The number of methoxy groups -OCH3 is 1. The number of esters is 1. The van der Waals surface area contributed by atoms with Crippen LogP contribution in [0.4, 0.5) is 5.69 Å². The molecule has 2 amide bonds. The van der Waals surface area contributed by atoms with E-state index in [1.165, 1.54) is 18.0 Å². The van der Waals surface area contributed by atoms with E-state index in [2.05, 4.69) is 5.32 Å². The van der Waals surface area contributed by atoms with Gasteiger partial charge in [-0.1, -0.05) is 24.3 Å². The molecule has 156 valence electrons. The van der Waals surface area contributed by atoms with E-state index in [0.717, 1.165) is 5.56 Å². The van der Waals surface area contributed by atoms with Crippen molar-refractivity contribution < 1.29 is 28.6 Å². The minimum Gasteiger partial charge on any atom is -0.497 e. The summed E-state index contributed by atoms with van der Waals surface area (Å²) >= 11 is 0. The second-order valence-electron chi connectivity index (χ2n) is 6.41. The molecule has 1 heterocycles. The number of nitrogens with one attached hydrogen (secondary N) is 1. The van der Waals surface area contributed by atoms with Crippen molar-refractivity contribution in [3.05, 3.63) is 60.2 Å². The zero-order chi connectivity index (χ0) is 21.5. The minimum atomic E-state index is -0.850. The Morgan fingerprint density at radius 2 is 2.00 bits per heavy atom. The van der Waals surface area contributed by atoms with Crippen LogP contribution in [0.1, 0.15) is 5.56 Å². The van der Waals surface area contributed by atoms with Crippen LogP contribution in [-0.2, 0) is 19.1 Å². The average Bonchev–Trinajstić information content (AvgIpc) is 2.79. The molecule has 8 heteroatoms.